The fourth-order valence-corrected chi connectivity index (χ4v) is 4.01. The van der Waals surface area contributed by atoms with Crippen molar-refractivity contribution in [3.8, 4) is 0 Å². The summed E-state index contributed by atoms with van der Waals surface area (Å²) in [5.74, 6) is -0.709. The molecule has 2 aromatic heterocycles. The number of aryl methyl sites for hydroxylation is 1. The zero-order valence-electron chi connectivity index (χ0n) is 15.7. The Morgan fingerprint density at radius 3 is 2.63 bits per heavy atom. The molecule has 2 aromatic carbocycles. The number of hydrogen-bond acceptors (Lipinski definition) is 4. The summed E-state index contributed by atoms with van der Waals surface area (Å²) in [6.45, 7) is 1.80. The van der Waals surface area contributed by atoms with Crippen LogP contribution in [0.5, 0.6) is 0 Å². The number of benzene rings is 2. The number of carbonyl (C=O) groups excluding carboxylic acids is 1. The number of halogens is 2. The summed E-state index contributed by atoms with van der Waals surface area (Å²) in [6.07, 6.45) is 0. The lowest BCUT2D eigenvalue weighted by Gasteiger charge is -2.24. The lowest BCUT2D eigenvalue weighted by atomic mass is 9.98. The van der Waals surface area contributed by atoms with Crippen LogP contribution in [0.15, 0.2) is 69.9 Å². The van der Waals surface area contributed by atoms with Crippen LogP contribution in [0.25, 0.3) is 11.0 Å². The van der Waals surface area contributed by atoms with Gasteiger partial charge in [-0.05, 0) is 55.0 Å². The molecule has 0 saturated heterocycles. The number of fused-ring (bicyclic) bond motifs is 2. The number of rotatable bonds is 2. The van der Waals surface area contributed by atoms with Crippen LogP contribution < -0.4 is 10.3 Å². The number of carbonyl (C=O) groups is 1. The fourth-order valence-electron chi connectivity index (χ4n) is 3.84. The molecule has 3 heterocycles. The maximum Gasteiger partial charge on any atom is 0.296 e. The van der Waals surface area contributed by atoms with E-state index < -0.39 is 17.8 Å². The van der Waals surface area contributed by atoms with Crippen molar-refractivity contribution in [1.29, 1.82) is 0 Å². The quantitative estimate of drug-likeness (QED) is 0.456. The Kier molecular flexibility index (Phi) is 4.18. The summed E-state index contributed by atoms with van der Waals surface area (Å²) in [5.41, 5.74) is 1.16. The van der Waals surface area contributed by atoms with Gasteiger partial charge >= 0.3 is 0 Å². The van der Waals surface area contributed by atoms with Crippen LogP contribution in [0.1, 0.15) is 33.4 Å². The van der Waals surface area contributed by atoms with E-state index in [9.17, 15) is 14.0 Å². The predicted molar refractivity (Wildman–Crippen MR) is 112 cm³/mol. The van der Waals surface area contributed by atoms with Crippen molar-refractivity contribution in [3.63, 3.8) is 0 Å². The van der Waals surface area contributed by atoms with Crippen LogP contribution in [0.2, 0.25) is 5.02 Å². The van der Waals surface area contributed by atoms with Crippen LogP contribution in [0.3, 0.4) is 0 Å². The van der Waals surface area contributed by atoms with Gasteiger partial charge in [-0.15, -0.1) is 0 Å². The normalized spacial score (nSPS) is 15.6. The third kappa shape index (κ3) is 2.80. The lowest BCUT2D eigenvalue weighted by molar-refractivity contribution is 0.0970. The van der Waals surface area contributed by atoms with Crippen molar-refractivity contribution in [3.05, 3.63) is 104 Å². The molecule has 1 atom stereocenters. The second kappa shape index (κ2) is 6.78. The molecule has 30 heavy (non-hydrogen) atoms. The standard InChI is InChI=1S/C23H14ClFN2O3/c1-12-4-2-7-18(26-12)27-20(13-5-3-6-15(25)10-13)19-21(28)16-11-14(24)8-9-17(16)30-22(19)23(27)29/h2-11,20H,1H3. The molecule has 0 bridgehead atoms. The number of anilines is 1. The first-order chi connectivity index (χ1) is 14.4. The number of hydrogen-bond donors (Lipinski definition) is 0. The molecule has 5 rings (SSSR count). The average Bonchev–Trinajstić information content (AvgIpc) is 3.01. The smallest absolute Gasteiger partial charge is 0.296 e. The van der Waals surface area contributed by atoms with E-state index in [1.165, 1.54) is 29.2 Å². The summed E-state index contributed by atoms with van der Waals surface area (Å²) in [7, 11) is 0. The van der Waals surface area contributed by atoms with Gasteiger partial charge in [0.25, 0.3) is 5.91 Å². The second-order valence-corrected chi connectivity index (χ2v) is 7.52. The lowest BCUT2D eigenvalue weighted by Crippen LogP contribution is -2.30. The van der Waals surface area contributed by atoms with Crippen LogP contribution in [-0.2, 0) is 0 Å². The van der Waals surface area contributed by atoms with Gasteiger partial charge in [-0.25, -0.2) is 9.37 Å². The molecule has 0 radical (unpaired) electrons. The molecule has 0 saturated carbocycles. The first kappa shape index (κ1) is 18.5. The van der Waals surface area contributed by atoms with Crippen molar-refractivity contribution in [2.45, 2.75) is 13.0 Å². The van der Waals surface area contributed by atoms with E-state index in [-0.39, 0.29) is 27.7 Å². The Morgan fingerprint density at radius 2 is 1.87 bits per heavy atom. The van der Waals surface area contributed by atoms with Gasteiger partial charge in [0.05, 0.1) is 17.0 Å². The van der Waals surface area contributed by atoms with Crippen LogP contribution in [0.4, 0.5) is 10.2 Å². The third-order valence-corrected chi connectivity index (χ3v) is 5.35. The molecule has 1 unspecified atom stereocenters. The molecule has 4 aromatic rings. The molecule has 148 valence electrons. The third-order valence-electron chi connectivity index (χ3n) is 5.12. The van der Waals surface area contributed by atoms with Gasteiger partial charge in [-0.1, -0.05) is 29.8 Å². The van der Waals surface area contributed by atoms with Crippen molar-refractivity contribution in [2.75, 3.05) is 4.90 Å². The topological polar surface area (TPSA) is 63.4 Å². The van der Waals surface area contributed by atoms with Gasteiger partial charge in [0, 0.05) is 10.7 Å². The minimum absolute atomic E-state index is 0.0765. The predicted octanol–water partition coefficient (Wildman–Crippen LogP) is 5.04. The monoisotopic (exact) mass is 420 g/mol. The van der Waals surface area contributed by atoms with Crippen LogP contribution in [-0.4, -0.2) is 10.9 Å². The summed E-state index contributed by atoms with van der Waals surface area (Å²) >= 11 is 6.07. The van der Waals surface area contributed by atoms with E-state index in [1.807, 2.05) is 0 Å². The molecular formula is C23H14ClFN2O3. The minimum atomic E-state index is -0.878. The Labute approximate surface area is 175 Å². The highest BCUT2D eigenvalue weighted by molar-refractivity contribution is 6.31. The van der Waals surface area contributed by atoms with Crippen molar-refractivity contribution < 1.29 is 13.6 Å². The fraction of sp³-hybridized carbons (Fsp3) is 0.0870. The molecule has 0 aliphatic carbocycles. The van der Waals surface area contributed by atoms with Crippen LogP contribution in [0, 0.1) is 12.7 Å². The maximum atomic E-state index is 14.1. The molecule has 0 spiro atoms. The average molecular weight is 421 g/mol. The molecule has 1 aliphatic heterocycles. The van der Waals surface area contributed by atoms with Gasteiger partial charge in [0.2, 0.25) is 5.76 Å². The minimum Gasteiger partial charge on any atom is -0.450 e. The number of amides is 1. The number of pyridine rings is 1. The van der Waals surface area contributed by atoms with Gasteiger partial charge < -0.3 is 4.42 Å². The first-order valence-corrected chi connectivity index (χ1v) is 9.61. The maximum absolute atomic E-state index is 14.1. The molecule has 0 fully saturated rings. The van der Waals surface area contributed by atoms with Gasteiger partial charge in [0.1, 0.15) is 17.2 Å². The Morgan fingerprint density at radius 1 is 1.07 bits per heavy atom. The Balaban J connectivity index is 1.84. The molecule has 7 heteroatoms. The number of aromatic nitrogens is 1. The van der Waals surface area contributed by atoms with E-state index in [0.29, 0.717) is 22.1 Å². The zero-order valence-corrected chi connectivity index (χ0v) is 16.5. The zero-order chi connectivity index (χ0) is 21.0. The SMILES string of the molecule is Cc1cccc(N2C(=O)c3oc4ccc(Cl)cc4c(=O)c3C2c2cccc(F)c2)n1. The molecule has 5 nitrogen and oxygen atoms in total. The van der Waals surface area contributed by atoms with Gasteiger partial charge in [-0.2, -0.15) is 0 Å². The molecule has 1 amide bonds. The highest BCUT2D eigenvalue weighted by Gasteiger charge is 2.44. The number of nitrogens with zero attached hydrogens (tertiary/aromatic N) is 2. The molecule has 1 aliphatic rings. The van der Waals surface area contributed by atoms with E-state index >= 15 is 0 Å². The summed E-state index contributed by atoms with van der Waals surface area (Å²) in [6, 6.07) is 14.8. The van der Waals surface area contributed by atoms with E-state index in [1.54, 1.807) is 43.3 Å². The van der Waals surface area contributed by atoms with Gasteiger partial charge in [0.15, 0.2) is 5.43 Å². The largest absolute Gasteiger partial charge is 0.450 e. The summed E-state index contributed by atoms with van der Waals surface area (Å²) < 4.78 is 19.9. The van der Waals surface area contributed by atoms with Crippen molar-refractivity contribution in [1.82, 2.24) is 4.98 Å². The van der Waals surface area contributed by atoms with E-state index in [4.69, 9.17) is 16.0 Å². The van der Waals surface area contributed by atoms with Gasteiger partial charge in [-0.3, -0.25) is 14.5 Å². The summed E-state index contributed by atoms with van der Waals surface area (Å²) in [4.78, 5) is 32.6. The first-order valence-electron chi connectivity index (χ1n) is 9.23. The highest BCUT2D eigenvalue weighted by atomic mass is 35.5. The summed E-state index contributed by atoms with van der Waals surface area (Å²) in [5, 5.41) is 0.632. The van der Waals surface area contributed by atoms with E-state index in [0.717, 1.165) is 0 Å². The van der Waals surface area contributed by atoms with E-state index in [2.05, 4.69) is 4.98 Å². The Bertz CT molecular complexity index is 1400. The van der Waals surface area contributed by atoms with Crippen LogP contribution >= 0.6 is 11.6 Å². The second-order valence-electron chi connectivity index (χ2n) is 7.08. The van der Waals surface area contributed by atoms with Crippen molar-refractivity contribution in [2.24, 2.45) is 0 Å². The van der Waals surface area contributed by atoms with Crippen molar-refractivity contribution >= 4 is 34.3 Å². The molecular weight excluding hydrogens is 407 g/mol. The molecule has 0 N–H and O–H groups in total. The highest BCUT2D eigenvalue weighted by Crippen LogP contribution is 2.40. The Hall–Kier alpha value is -3.51.